The van der Waals surface area contributed by atoms with Crippen molar-refractivity contribution in [2.75, 3.05) is 0 Å². The van der Waals surface area contributed by atoms with Crippen LogP contribution in [0.3, 0.4) is 0 Å². The summed E-state index contributed by atoms with van der Waals surface area (Å²) in [4.78, 5) is 33.8. The highest BCUT2D eigenvalue weighted by atomic mass is 19.1. The van der Waals surface area contributed by atoms with Gasteiger partial charge in [-0.25, -0.2) is 18.6 Å². The van der Waals surface area contributed by atoms with Gasteiger partial charge in [0.15, 0.2) is 11.2 Å². The van der Waals surface area contributed by atoms with Crippen molar-refractivity contribution >= 4 is 28.0 Å². The molecule has 9 heteroatoms. The Morgan fingerprint density at radius 3 is 2.72 bits per heavy atom. The van der Waals surface area contributed by atoms with Crippen LogP contribution in [0.15, 0.2) is 50.5 Å². The quantitative estimate of drug-likeness (QED) is 0.736. The van der Waals surface area contributed by atoms with Gasteiger partial charge in [0.25, 0.3) is 5.56 Å². The molecular formula is C16H12F2N4O3. The van der Waals surface area contributed by atoms with Crippen LogP contribution in [0.5, 0.6) is 0 Å². The number of nitrogens with one attached hydrogen (secondary N) is 1. The van der Waals surface area contributed by atoms with E-state index < -0.39 is 22.9 Å². The van der Waals surface area contributed by atoms with Crippen LogP contribution in [0.4, 0.5) is 8.78 Å². The maximum Gasteiger partial charge on any atom is 0.329 e. The summed E-state index contributed by atoms with van der Waals surface area (Å²) >= 11 is 0. The highest BCUT2D eigenvalue weighted by molar-refractivity contribution is 5.85. The number of rotatable bonds is 3. The van der Waals surface area contributed by atoms with Crippen molar-refractivity contribution < 1.29 is 13.2 Å². The molecule has 3 aromatic heterocycles. The first-order chi connectivity index (χ1) is 11.8. The van der Waals surface area contributed by atoms with Crippen LogP contribution in [0.2, 0.25) is 0 Å². The lowest BCUT2D eigenvalue weighted by atomic mass is 10.1. The van der Waals surface area contributed by atoms with Crippen LogP contribution in [-0.4, -0.2) is 19.5 Å². The number of fused-ring (bicyclic) bond motifs is 2. The molecule has 0 aromatic carbocycles. The van der Waals surface area contributed by atoms with Crippen molar-refractivity contribution in [3.63, 3.8) is 0 Å². The van der Waals surface area contributed by atoms with E-state index in [0.29, 0.717) is 6.08 Å². The fourth-order valence-corrected chi connectivity index (χ4v) is 2.28. The van der Waals surface area contributed by atoms with Crippen molar-refractivity contribution in [1.82, 2.24) is 19.5 Å². The Morgan fingerprint density at radius 1 is 1.36 bits per heavy atom. The van der Waals surface area contributed by atoms with E-state index in [9.17, 15) is 18.4 Å². The molecule has 128 valence electrons. The van der Waals surface area contributed by atoms with Crippen LogP contribution >= 0.6 is 0 Å². The average molecular weight is 346 g/mol. The first kappa shape index (κ1) is 16.5. The molecule has 7 nitrogen and oxygen atoms in total. The van der Waals surface area contributed by atoms with E-state index >= 15 is 0 Å². The minimum absolute atomic E-state index is 0.00352. The van der Waals surface area contributed by atoms with Crippen LogP contribution in [0.25, 0.3) is 28.0 Å². The molecule has 3 aromatic rings. The smallest absolute Gasteiger partial charge is 0.329 e. The summed E-state index contributed by atoms with van der Waals surface area (Å²) in [5, 5.41) is 0. The number of aryl methyl sites for hydroxylation is 1. The van der Waals surface area contributed by atoms with E-state index in [1.807, 2.05) is 0 Å². The molecule has 0 saturated heterocycles. The van der Waals surface area contributed by atoms with Gasteiger partial charge in [0.2, 0.25) is 5.71 Å². The van der Waals surface area contributed by atoms with Gasteiger partial charge in [-0.3, -0.25) is 14.3 Å². The highest BCUT2D eigenvalue weighted by Gasteiger charge is 2.16. The standard InChI is InChI=1S/C16H12F2N4O3/c1-4-8(9(18)5-7(2)17)11-6-10-15(25-11)20-13-12(19-10)14(23)21-16(24)22(13)3/h4-6H,1H2,2-3H3,(H,21,23,24). The lowest BCUT2D eigenvalue weighted by Crippen LogP contribution is -2.29. The molecule has 0 atom stereocenters. The Labute approximate surface area is 138 Å². The Hall–Kier alpha value is -3.36. The second kappa shape index (κ2) is 5.93. The summed E-state index contributed by atoms with van der Waals surface area (Å²) in [5.41, 5.74) is -1.31. The Balaban J connectivity index is 2.33. The van der Waals surface area contributed by atoms with Crippen molar-refractivity contribution in [3.05, 3.63) is 63.0 Å². The van der Waals surface area contributed by atoms with E-state index in [-0.39, 0.29) is 33.7 Å². The normalized spacial score (nSPS) is 13.4. The van der Waals surface area contributed by atoms with Gasteiger partial charge in [0.05, 0.1) is 11.4 Å². The molecule has 0 amide bonds. The van der Waals surface area contributed by atoms with Crippen LogP contribution < -0.4 is 11.2 Å². The van der Waals surface area contributed by atoms with E-state index in [1.165, 1.54) is 13.1 Å². The number of hydrogen-bond acceptors (Lipinski definition) is 5. The average Bonchev–Trinajstić information content (AvgIpc) is 2.93. The van der Waals surface area contributed by atoms with E-state index in [2.05, 4.69) is 21.5 Å². The zero-order chi connectivity index (χ0) is 18.3. The van der Waals surface area contributed by atoms with Crippen molar-refractivity contribution in [2.24, 2.45) is 7.05 Å². The van der Waals surface area contributed by atoms with Gasteiger partial charge in [0.1, 0.15) is 17.1 Å². The third-order valence-electron chi connectivity index (χ3n) is 3.46. The third kappa shape index (κ3) is 2.80. The fraction of sp³-hybridized carbons (Fsp3) is 0.125. The number of H-pyrrole nitrogens is 1. The van der Waals surface area contributed by atoms with Crippen molar-refractivity contribution in [3.8, 4) is 0 Å². The molecule has 0 aliphatic rings. The van der Waals surface area contributed by atoms with Crippen LogP contribution in [-0.2, 0) is 7.05 Å². The summed E-state index contributed by atoms with van der Waals surface area (Å²) in [6.45, 7) is 4.58. The first-order valence-electron chi connectivity index (χ1n) is 7.08. The van der Waals surface area contributed by atoms with E-state index in [4.69, 9.17) is 4.42 Å². The number of halogens is 2. The van der Waals surface area contributed by atoms with Gasteiger partial charge in [0, 0.05) is 19.2 Å². The molecule has 0 saturated carbocycles. The molecule has 25 heavy (non-hydrogen) atoms. The molecule has 0 aliphatic heterocycles. The molecule has 3 rings (SSSR count). The minimum Gasteiger partial charge on any atom is -0.436 e. The van der Waals surface area contributed by atoms with Gasteiger partial charge in [-0.1, -0.05) is 12.7 Å². The summed E-state index contributed by atoms with van der Waals surface area (Å²) in [6, 6.07) is 1.35. The van der Waals surface area contributed by atoms with Gasteiger partial charge in [-0.15, -0.1) is 0 Å². The predicted octanol–water partition coefficient (Wildman–Crippen LogP) is 2.50. The molecule has 3 heterocycles. The fourth-order valence-electron chi connectivity index (χ4n) is 2.28. The minimum atomic E-state index is -0.885. The third-order valence-corrected chi connectivity index (χ3v) is 3.46. The number of nitrogens with zero attached hydrogens (tertiary/aromatic N) is 3. The van der Waals surface area contributed by atoms with Crippen molar-refractivity contribution in [1.29, 1.82) is 0 Å². The number of allylic oxidation sites excluding steroid dienone is 5. The van der Waals surface area contributed by atoms with Crippen LogP contribution in [0.1, 0.15) is 12.7 Å². The molecule has 0 unspecified atom stereocenters. The lowest BCUT2D eigenvalue weighted by Gasteiger charge is -2.00. The summed E-state index contributed by atoms with van der Waals surface area (Å²) in [6.07, 6.45) is 1.85. The van der Waals surface area contributed by atoms with Crippen LogP contribution in [0, 0.1) is 0 Å². The SMILES string of the molecule is C=CC(=C(F)C=C(C)F)c1cc2nc3c(=O)[nH]c(=O)n(C)c3nc2o1. The Morgan fingerprint density at radius 2 is 2.08 bits per heavy atom. The topological polar surface area (TPSA) is 93.8 Å². The molecular weight excluding hydrogens is 334 g/mol. The number of hydrogen-bond donors (Lipinski definition) is 1. The second-order valence-electron chi connectivity index (χ2n) is 5.21. The number of furan rings is 1. The molecule has 0 bridgehead atoms. The maximum absolute atomic E-state index is 14.1. The molecule has 0 spiro atoms. The first-order valence-corrected chi connectivity index (χ1v) is 7.08. The molecule has 1 N–H and O–H groups in total. The predicted molar refractivity (Wildman–Crippen MR) is 88.3 cm³/mol. The lowest BCUT2D eigenvalue weighted by molar-refractivity contribution is 0.580. The Bertz CT molecular complexity index is 1190. The number of aromatic nitrogens is 4. The molecule has 0 aliphatic carbocycles. The monoisotopic (exact) mass is 346 g/mol. The highest BCUT2D eigenvalue weighted by Crippen LogP contribution is 2.28. The largest absolute Gasteiger partial charge is 0.436 e. The van der Waals surface area contributed by atoms with Crippen molar-refractivity contribution in [2.45, 2.75) is 6.92 Å². The zero-order valence-corrected chi connectivity index (χ0v) is 13.3. The summed E-state index contributed by atoms with van der Waals surface area (Å²) in [5.74, 6) is -1.60. The zero-order valence-electron chi connectivity index (χ0n) is 13.3. The maximum atomic E-state index is 14.1. The summed E-state index contributed by atoms with van der Waals surface area (Å²) < 4.78 is 33.5. The number of aromatic amines is 1. The second-order valence-corrected chi connectivity index (χ2v) is 5.21. The molecule has 0 fully saturated rings. The van der Waals surface area contributed by atoms with Gasteiger partial charge < -0.3 is 4.42 Å². The van der Waals surface area contributed by atoms with E-state index in [0.717, 1.165) is 17.6 Å². The Kier molecular flexibility index (Phi) is 3.91. The summed E-state index contributed by atoms with van der Waals surface area (Å²) in [7, 11) is 1.41. The van der Waals surface area contributed by atoms with Gasteiger partial charge in [-0.2, -0.15) is 4.98 Å². The molecule has 0 radical (unpaired) electrons. The van der Waals surface area contributed by atoms with E-state index in [1.54, 1.807) is 0 Å². The van der Waals surface area contributed by atoms with Gasteiger partial charge in [-0.05, 0) is 6.92 Å². The van der Waals surface area contributed by atoms with Gasteiger partial charge >= 0.3 is 5.69 Å².